The third-order valence-electron chi connectivity index (χ3n) is 11.7. The molecule has 0 bridgehead atoms. The van der Waals surface area contributed by atoms with Crippen LogP contribution in [0.4, 0.5) is 0 Å². The lowest BCUT2D eigenvalue weighted by Crippen LogP contribution is -1.97. The van der Waals surface area contributed by atoms with E-state index in [0.29, 0.717) is 0 Å². The monoisotopic (exact) mass is 608 g/mol. The molecule has 0 fully saturated rings. The minimum atomic E-state index is 1.31. The van der Waals surface area contributed by atoms with Gasteiger partial charge in [0.15, 0.2) is 0 Å². The average Bonchev–Trinajstić information content (AvgIpc) is 3.68. The number of hydrogen-bond donors (Lipinski definition) is 0. The van der Waals surface area contributed by atoms with Crippen molar-refractivity contribution in [2.45, 2.75) is 27.7 Å². The Morgan fingerprint density at radius 3 is 1.17 bits per heavy atom. The van der Waals surface area contributed by atoms with Gasteiger partial charge >= 0.3 is 0 Å². The summed E-state index contributed by atoms with van der Waals surface area (Å²) in [5.41, 5.74) is 18.7. The highest BCUT2D eigenvalue weighted by Crippen LogP contribution is 2.60. The maximum atomic E-state index is 2.46. The minimum Gasteiger partial charge on any atom is -0.0620 e. The Hall–Kier alpha value is -5.72. The third kappa shape index (κ3) is 3.11. The van der Waals surface area contributed by atoms with Gasteiger partial charge in [-0.25, -0.2) is 0 Å². The Morgan fingerprint density at radius 2 is 0.708 bits per heavy atom. The van der Waals surface area contributed by atoms with Gasteiger partial charge in [-0.1, -0.05) is 121 Å². The Bertz CT molecular complexity index is 2770. The van der Waals surface area contributed by atoms with Crippen LogP contribution in [0.1, 0.15) is 33.4 Å². The first kappa shape index (κ1) is 26.4. The van der Waals surface area contributed by atoms with Crippen LogP contribution in [0.2, 0.25) is 0 Å². The molecule has 0 aliphatic heterocycles. The summed E-state index contributed by atoms with van der Waals surface area (Å²) in [5.74, 6) is 0. The van der Waals surface area contributed by atoms with Gasteiger partial charge in [-0.15, -0.1) is 0 Å². The van der Waals surface area contributed by atoms with Crippen LogP contribution in [0.15, 0.2) is 109 Å². The molecule has 0 nitrogen and oxygen atoms in total. The summed E-state index contributed by atoms with van der Waals surface area (Å²) in [7, 11) is 0. The van der Waals surface area contributed by atoms with Crippen molar-refractivity contribution in [1.29, 1.82) is 0 Å². The molecule has 0 amide bonds. The minimum absolute atomic E-state index is 1.31. The second-order valence-corrected chi connectivity index (χ2v) is 14.2. The molecule has 11 rings (SSSR count). The van der Waals surface area contributed by atoms with E-state index < -0.39 is 0 Å². The van der Waals surface area contributed by atoms with E-state index in [-0.39, 0.29) is 0 Å². The molecule has 0 aromatic heterocycles. The molecule has 48 heavy (non-hydrogen) atoms. The predicted molar refractivity (Wildman–Crippen MR) is 208 cm³/mol. The fraction of sp³-hybridized carbons (Fsp3) is 0.0833. The molecule has 0 unspecified atom stereocenters. The average molecular weight is 609 g/mol. The molecule has 9 aromatic carbocycles. The summed E-state index contributed by atoms with van der Waals surface area (Å²) in [4.78, 5) is 0. The standard InChI is InChI=1S/C48H32/c1-25-9-5-7-11-31(25)42-39-23-27(3)28(4)24-40(39)43(32-12-8-6-10-26(32)2)48-38-22-20-36-34-18-16-30-14-13-29-15-17-33(44(34)41(29)30)35-19-21-37(47(42)48)46(38)45(35)36/h5-24H,1-4H3. The molecular formula is C48H32. The molecule has 0 radical (unpaired) electrons. The second kappa shape index (κ2) is 9.00. The van der Waals surface area contributed by atoms with Gasteiger partial charge in [0.25, 0.3) is 0 Å². The van der Waals surface area contributed by atoms with Gasteiger partial charge in [0.05, 0.1) is 0 Å². The van der Waals surface area contributed by atoms with E-state index in [1.807, 2.05) is 0 Å². The summed E-state index contributed by atoms with van der Waals surface area (Å²) in [6, 6.07) is 42.0. The Kier molecular flexibility index (Phi) is 4.94. The van der Waals surface area contributed by atoms with E-state index in [0.717, 1.165) is 0 Å². The summed E-state index contributed by atoms with van der Waals surface area (Å²) >= 11 is 0. The quantitative estimate of drug-likeness (QED) is 0.135. The highest BCUT2D eigenvalue weighted by atomic mass is 14.4. The molecule has 0 N–H and O–H groups in total. The number of benzene rings is 9. The number of aryl methyl sites for hydroxylation is 4. The Morgan fingerprint density at radius 1 is 0.292 bits per heavy atom. The van der Waals surface area contributed by atoms with Gasteiger partial charge in [-0.2, -0.15) is 0 Å². The highest BCUT2D eigenvalue weighted by molar-refractivity contribution is 6.40. The van der Waals surface area contributed by atoms with Gasteiger partial charge in [0, 0.05) is 0 Å². The zero-order chi connectivity index (χ0) is 32.0. The summed E-state index contributed by atoms with van der Waals surface area (Å²) in [6.45, 7) is 9.06. The van der Waals surface area contributed by atoms with Crippen molar-refractivity contribution in [3.05, 3.63) is 143 Å². The zero-order valence-electron chi connectivity index (χ0n) is 27.5. The van der Waals surface area contributed by atoms with Gasteiger partial charge in [0.2, 0.25) is 0 Å². The normalized spacial score (nSPS) is 12.9. The molecule has 0 saturated heterocycles. The first-order valence-corrected chi connectivity index (χ1v) is 17.1. The second-order valence-electron chi connectivity index (χ2n) is 14.2. The van der Waals surface area contributed by atoms with E-state index >= 15 is 0 Å². The van der Waals surface area contributed by atoms with Crippen molar-refractivity contribution in [1.82, 2.24) is 0 Å². The predicted octanol–water partition coefficient (Wildman–Crippen LogP) is 13.6. The zero-order valence-corrected chi connectivity index (χ0v) is 27.5. The molecule has 9 aromatic rings. The fourth-order valence-electron chi connectivity index (χ4n) is 9.37. The Balaban J connectivity index is 1.40. The van der Waals surface area contributed by atoms with Crippen LogP contribution in [0.25, 0.3) is 111 Å². The van der Waals surface area contributed by atoms with Gasteiger partial charge in [-0.05, 0) is 159 Å². The molecule has 0 heterocycles. The molecule has 0 saturated carbocycles. The lowest BCUT2D eigenvalue weighted by atomic mass is 9.80. The third-order valence-corrected chi connectivity index (χ3v) is 11.7. The van der Waals surface area contributed by atoms with Gasteiger partial charge in [0.1, 0.15) is 0 Å². The first-order valence-electron chi connectivity index (χ1n) is 17.1. The number of rotatable bonds is 2. The van der Waals surface area contributed by atoms with Crippen LogP contribution in [-0.4, -0.2) is 0 Å². The highest BCUT2D eigenvalue weighted by Gasteiger charge is 2.33. The SMILES string of the molecule is Cc1cc2c(-c3ccccc3C)c3c(c(-c4ccccc4C)c2cc1C)-c1ccc2c4ccc5c6c(ccc(c7ccc-3c1c72)c64)C=C5. The largest absolute Gasteiger partial charge is 0.0620 e. The van der Waals surface area contributed by atoms with Gasteiger partial charge < -0.3 is 0 Å². The number of fused-ring (bicyclic) bond motifs is 6. The molecule has 0 spiro atoms. The van der Waals surface area contributed by atoms with Crippen molar-refractivity contribution < 1.29 is 0 Å². The van der Waals surface area contributed by atoms with Gasteiger partial charge in [-0.3, -0.25) is 0 Å². The van der Waals surface area contributed by atoms with Crippen LogP contribution in [-0.2, 0) is 0 Å². The fourth-order valence-corrected chi connectivity index (χ4v) is 9.37. The van der Waals surface area contributed by atoms with Crippen molar-refractivity contribution in [2.75, 3.05) is 0 Å². The van der Waals surface area contributed by atoms with Crippen molar-refractivity contribution in [3.63, 3.8) is 0 Å². The maximum absolute atomic E-state index is 2.46. The molecule has 224 valence electrons. The lowest BCUT2D eigenvalue weighted by Gasteiger charge is -2.23. The summed E-state index contributed by atoms with van der Waals surface area (Å²) in [5, 5.41) is 13.7. The maximum Gasteiger partial charge on any atom is -0.000730 e. The number of hydrogen-bond acceptors (Lipinski definition) is 0. The summed E-state index contributed by atoms with van der Waals surface area (Å²) in [6.07, 6.45) is 4.54. The van der Waals surface area contributed by atoms with E-state index in [1.165, 1.54) is 132 Å². The lowest BCUT2D eigenvalue weighted by molar-refractivity contribution is 1.36. The van der Waals surface area contributed by atoms with Crippen LogP contribution in [0, 0.1) is 27.7 Å². The smallest absolute Gasteiger partial charge is 0.000730 e. The van der Waals surface area contributed by atoms with Crippen LogP contribution >= 0.6 is 0 Å². The van der Waals surface area contributed by atoms with Crippen LogP contribution in [0.3, 0.4) is 0 Å². The molecular weight excluding hydrogens is 577 g/mol. The van der Waals surface area contributed by atoms with Crippen LogP contribution < -0.4 is 0 Å². The van der Waals surface area contributed by atoms with Crippen LogP contribution in [0.5, 0.6) is 0 Å². The van der Waals surface area contributed by atoms with Crippen molar-refractivity contribution in [3.8, 4) is 44.5 Å². The molecule has 0 atom stereocenters. The Labute approximate surface area is 279 Å². The topological polar surface area (TPSA) is 0 Å². The van der Waals surface area contributed by atoms with E-state index in [1.54, 1.807) is 0 Å². The summed E-state index contributed by atoms with van der Waals surface area (Å²) < 4.78 is 0. The molecule has 0 heteroatoms. The molecule has 2 aliphatic carbocycles. The van der Waals surface area contributed by atoms with E-state index in [2.05, 4.69) is 149 Å². The van der Waals surface area contributed by atoms with Crippen molar-refractivity contribution >= 4 is 66.0 Å². The van der Waals surface area contributed by atoms with E-state index in [4.69, 9.17) is 0 Å². The van der Waals surface area contributed by atoms with Crippen molar-refractivity contribution in [2.24, 2.45) is 0 Å². The first-order chi connectivity index (χ1) is 23.5. The van der Waals surface area contributed by atoms with E-state index in [9.17, 15) is 0 Å². The molecule has 2 aliphatic rings.